The molecule has 0 aromatic heterocycles. The van der Waals surface area contributed by atoms with Crippen molar-refractivity contribution >= 4 is 49.6 Å². The summed E-state index contributed by atoms with van der Waals surface area (Å²) in [5.74, 6) is 0.0488. The van der Waals surface area contributed by atoms with Crippen molar-refractivity contribution < 1.29 is 53.9 Å². The Bertz CT molecular complexity index is 1340. The molecule has 0 saturated heterocycles. The molecular weight excluding hydrogens is 582 g/mol. The molecule has 18 heteroatoms. The quantitative estimate of drug-likeness (QED) is 0.0654. The summed E-state index contributed by atoms with van der Waals surface area (Å²) < 4.78 is 79.5. The van der Waals surface area contributed by atoms with Crippen LogP contribution in [-0.4, -0.2) is 72.9 Å². The topological polar surface area (TPSA) is 192 Å². The zero-order valence-electron chi connectivity index (χ0n) is 21.5. The number of hydrogen-bond donors (Lipinski definition) is 2. The minimum absolute atomic E-state index is 0.107. The average molecular weight is 612 g/mol. The molecule has 0 aliphatic rings. The van der Waals surface area contributed by atoms with Crippen LogP contribution in [0.25, 0.3) is 0 Å². The van der Waals surface area contributed by atoms with Gasteiger partial charge in [0.2, 0.25) is 0 Å². The molecule has 2 aromatic carbocycles. The number of hydrogen-bond acceptors (Lipinski definition) is 15. The number of nitrogens with zero attached hydrogens (tertiary/aromatic N) is 3. The molecule has 2 N–H and O–H groups in total. The first-order valence-electron chi connectivity index (χ1n) is 11.1. The van der Waals surface area contributed by atoms with Gasteiger partial charge in [-0.05, 0) is 43.7 Å². The Morgan fingerprint density at radius 3 is 2.28 bits per heavy atom. The van der Waals surface area contributed by atoms with Crippen molar-refractivity contribution in [3.05, 3.63) is 35.9 Å². The average Bonchev–Trinajstić information content (AvgIpc) is 2.89. The Labute approximate surface area is 230 Å². The van der Waals surface area contributed by atoms with Gasteiger partial charge in [0.15, 0.2) is 22.2 Å². The van der Waals surface area contributed by atoms with Crippen molar-refractivity contribution in [1.82, 2.24) is 0 Å². The maximum Gasteiger partial charge on any atom is 0.397 e. The molecule has 0 saturated carbocycles. The highest BCUT2D eigenvalue weighted by Gasteiger charge is 2.19. The van der Waals surface area contributed by atoms with Gasteiger partial charge in [0.25, 0.3) is 0 Å². The Morgan fingerprint density at radius 2 is 1.67 bits per heavy atom. The predicted octanol–water partition coefficient (Wildman–Crippen LogP) is 3.85. The third-order valence-electron chi connectivity index (χ3n) is 5.13. The molecule has 0 bridgehead atoms. The maximum atomic E-state index is 12.6. The molecule has 218 valence electrons. The standard InChI is InChI=1S/C21H29N3O12S3/c1-5-24(8-9-33-37-36-35-25)19-12-15(2)17(14-21(19)32-4)22-23-18-13-16(6-7-20(18)31-3)38(26,27)11-10-34-39(28,29)30/h6-7,12-14,25H,5,8-11H2,1-4H3,(H,28,29,30). The first-order chi connectivity index (χ1) is 18.5. The lowest BCUT2D eigenvalue weighted by Gasteiger charge is -2.25. The molecule has 0 radical (unpaired) electrons. The first-order valence-corrected chi connectivity index (χ1v) is 14.8. The lowest BCUT2D eigenvalue weighted by Crippen LogP contribution is -2.27. The smallest absolute Gasteiger partial charge is 0.397 e. The molecule has 0 spiro atoms. The largest absolute Gasteiger partial charge is 0.495 e. The molecular formula is C21H29N3O12S3. The highest BCUT2D eigenvalue weighted by Crippen LogP contribution is 2.37. The van der Waals surface area contributed by atoms with Crippen LogP contribution in [0.3, 0.4) is 0 Å². The van der Waals surface area contributed by atoms with Crippen LogP contribution in [0.5, 0.6) is 11.5 Å². The number of azo groups is 1. The van der Waals surface area contributed by atoms with Gasteiger partial charge < -0.3 is 14.4 Å². The van der Waals surface area contributed by atoms with E-state index in [9.17, 15) is 16.8 Å². The molecule has 0 heterocycles. The van der Waals surface area contributed by atoms with Crippen molar-refractivity contribution in [2.75, 3.05) is 51.2 Å². The van der Waals surface area contributed by atoms with Crippen molar-refractivity contribution in [2.24, 2.45) is 10.2 Å². The lowest BCUT2D eigenvalue weighted by molar-refractivity contribution is -0.434. The second kappa shape index (κ2) is 15.3. The van der Waals surface area contributed by atoms with Gasteiger partial charge in [-0.25, -0.2) is 17.9 Å². The predicted molar refractivity (Wildman–Crippen MR) is 141 cm³/mol. The van der Waals surface area contributed by atoms with E-state index >= 15 is 0 Å². The second-order valence-electron chi connectivity index (χ2n) is 7.53. The third-order valence-corrected chi connectivity index (χ3v) is 7.65. The summed E-state index contributed by atoms with van der Waals surface area (Å²) in [6, 6.07) is 7.42. The molecule has 0 aliphatic carbocycles. The van der Waals surface area contributed by atoms with E-state index in [1.165, 1.54) is 32.4 Å². The molecule has 0 aliphatic heterocycles. The SMILES string of the molecule is CCN(CCOSOOO)c1cc(C)c(N=Nc2cc(S(=O)(=O)CCOS(=O)(=O)O)ccc2OC)cc1OC. The van der Waals surface area contributed by atoms with Gasteiger partial charge in [-0.15, -0.1) is 9.45 Å². The van der Waals surface area contributed by atoms with Gasteiger partial charge in [-0.2, -0.15) is 13.5 Å². The highest BCUT2D eigenvalue weighted by atomic mass is 32.3. The fraction of sp³-hybridized carbons (Fsp3) is 0.429. The molecule has 39 heavy (non-hydrogen) atoms. The molecule has 2 rings (SSSR count). The van der Waals surface area contributed by atoms with Crippen LogP contribution in [0.1, 0.15) is 12.5 Å². The van der Waals surface area contributed by atoms with E-state index in [1.807, 2.05) is 24.8 Å². The van der Waals surface area contributed by atoms with Crippen LogP contribution in [0, 0.1) is 6.92 Å². The van der Waals surface area contributed by atoms with Crippen molar-refractivity contribution in [2.45, 2.75) is 18.7 Å². The number of likely N-dealkylation sites (N-methyl/N-ethyl adjacent to an activating group) is 1. The first kappa shape index (κ1) is 32.7. The van der Waals surface area contributed by atoms with Gasteiger partial charge in [0.05, 0.1) is 49.5 Å². The third kappa shape index (κ3) is 10.2. The fourth-order valence-electron chi connectivity index (χ4n) is 3.26. The summed E-state index contributed by atoms with van der Waals surface area (Å²) in [4.78, 5) is 1.81. The molecule has 15 nitrogen and oxygen atoms in total. The minimum Gasteiger partial charge on any atom is -0.495 e. The van der Waals surface area contributed by atoms with E-state index < -0.39 is 32.6 Å². The molecule has 0 unspecified atom stereocenters. The number of anilines is 1. The van der Waals surface area contributed by atoms with Crippen LogP contribution in [0.4, 0.5) is 17.1 Å². The van der Waals surface area contributed by atoms with Crippen molar-refractivity contribution in [1.29, 1.82) is 0 Å². The molecule has 0 amide bonds. The normalized spacial score (nSPS) is 12.2. The van der Waals surface area contributed by atoms with Crippen LogP contribution in [-0.2, 0) is 38.0 Å². The zero-order chi connectivity index (χ0) is 29.1. The lowest BCUT2D eigenvalue weighted by atomic mass is 10.1. The number of sulfone groups is 1. The van der Waals surface area contributed by atoms with E-state index in [0.717, 1.165) is 11.3 Å². The fourth-order valence-corrected chi connectivity index (χ4v) is 4.97. The minimum atomic E-state index is -4.77. The van der Waals surface area contributed by atoms with E-state index in [-0.39, 0.29) is 22.9 Å². The monoisotopic (exact) mass is 611 g/mol. The number of ether oxygens (including phenoxy) is 2. The second-order valence-corrected chi connectivity index (χ2v) is 11.2. The highest BCUT2D eigenvalue weighted by molar-refractivity contribution is 7.91. The Morgan fingerprint density at radius 1 is 0.974 bits per heavy atom. The Balaban J connectivity index is 2.31. The van der Waals surface area contributed by atoms with E-state index in [0.29, 0.717) is 36.9 Å². The Hall–Kier alpha value is -2.55. The maximum absolute atomic E-state index is 12.6. The zero-order valence-corrected chi connectivity index (χ0v) is 23.9. The van der Waals surface area contributed by atoms with Gasteiger partial charge in [-0.3, -0.25) is 8.74 Å². The van der Waals surface area contributed by atoms with Crippen LogP contribution < -0.4 is 14.4 Å². The van der Waals surface area contributed by atoms with Crippen LogP contribution >= 0.6 is 12.3 Å². The van der Waals surface area contributed by atoms with Crippen molar-refractivity contribution in [3.63, 3.8) is 0 Å². The van der Waals surface area contributed by atoms with E-state index in [2.05, 4.69) is 23.8 Å². The summed E-state index contributed by atoms with van der Waals surface area (Å²) >= 11 is 0.485. The number of rotatable bonds is 17. The van der Waals surface area contributed by atoms with Gasteiger partial charge in [-0.1, -0.05) is 5.04 Å². The van der Waals surface area contributed by atoms with Crippen LogP contribution in [0.15, 0.2) is 45.5 Å². The van der Waals surface area contributed by atoms with Gasteiger partial charge >= 0.3 is 10.4 Å². The summed E-state index contributed by atoms with van der Waals surface area (Å²) in [5, 5.41) is 20.0. The summed E-state index contributed by atoms with van der Waals surface area (Å²) in [6.45, 7) is 4.33. The van der Waals surface area contributed by atoms with Gasteiger partial charge in [0.1, 0.15) is 17.2 Å². The number of aryl methyl sites for hydroxylation is 1. The summed E-state index contributed by atoms with van der Waals surface area (Å²) in [5.41, 5.74) is 2.06. The molecule has 0 fully saturated rings. The van der Waals surface area contributed by atoms with E-state index in [4.69, 9.17) is 23.5 Å². The number of benzene rings is 2. The Kier molecular flexibility index (Phi) is 12.8. The molecule has 2 aromatic rings. The molecule has 0 atom stereocenters. The van der Waals surface area contributed by atoms with Gasteiger partial charge in [0, 0.05) is 19.2 Å². The summed E-state index contributed by atoms with van der Waals surface area (Å²) in [6.07, 6.45) is 0. The van der Waals surface area contributed by atoms with Crippen molar-refractivity contribution in [3.8, 4) is 11.5 Å². The summed E-state index contributed by atoms with van der Waals surface area (Å²) in [7, 11) is -5.87. The number of methoxy groups -OCH3 is 2. The van der Waals surface area contributed by atoms with Crippen LogP contribution in [0.2, 0.25) is 0 Å². The van der Waals surface area contributed by atoms with E-state index in [1.54, 1.807) is 6.07 Å².